The predicted molar refractivity (Wildman–Crippen MR) is 92.9 cm³/mol. The maximum atomic E-state index is 12.1. The smallest absolute Gasteiger partial charge is 0.407 e. The van der Waals surface area contributed by atoms with Gasteiger partial charge in [0.1, 0.15) is 17.2 Å². The van der Waals surface area contributed by atoms with Crippen LogP contribution < -0.4 is 10.2 Å². The number of carbonyl (C=O) groups excluding carboxylic acids is 1. The molecule has 132 valence electrons. The number of fused-ring (bicyclic) bond motifs is 1. The number of amides is 1. The molecule has 6 nitrogen and oxygen atoms in total. The third-order valence-electron chi connectivity index (χ3n) is 5.12. The molecule has 1 N–H and O–H groups in total. The monoisotopic (exact) mass is 332 g/mol. The van der Waals surface area contributed by atoms with Gasteiger partial charge in [0, 0.05) is 31.2 Å². The Morgan fingerprint density at radius 3 is 2.71 bits per heavy atom. The highest BCUT2D eigenvalue weighted by atomic mass is 16.6. The molecule has 3 rings (SSSR count). The number of nitrogens with one attached hydrogen (secondary N) is 1. The van der Waals surface area contributed by atoms with E-state index in [9.17, 15) is 4.79 Å². The van der Waals surface area contributed by atoms with E-state index in [0.29, 0.717) is 17.8 Å². The van der Waals surface area contributed by atoms with Gasteiger partial charge in [-0.05, 0) is 45.6 Å². The van der Waals surface area contributed by atoms with E-state index in [0.717, 1.165) is 31.2 Å². The van der Waals surface area contributed by atoms with Crippen LogP contribution in [0, 0.1) is 24.7 Å². The minimum atomic E-state index is -0.463. The van der Waals surface area contributed by atoms with E-state index < -0.39 is 5.60 Å². The molecule has 1 saturated carbocycles. The van der Waals surface area contributed by atoms with Crippen molar-refractivity contribution in [3.8, 4) is 0 Å². The van der Waals surface area contributed by atoms with E-state index in [-0.39, 0.29) is 12.1 Å². The van der Waals surface area contributed by atoms with Crippen LogP contribution in [0.5, 0.6) is 0 Å². The van der Waals surface area contributed by atoms with Crippen LogP contribution in [0.3, 0.4) is 0 Å². The van der Waals surface area contributed by atoms with Crippen molar-refractivity contribution < 1.29 is 9.53 Å². The summed E-state index contributed by atoms with van der Waals surface area (Å²) in [6.07, 6.45) is 2.57. The largest absolute Gasteiger partial charge is 0.444 e. The molecule has 1 aliphatic carbocycles. The van der Waals surface area contributed by atoms with Gasteiger partial charge in [-0.1, -0.05) is 13.3 Å². The summed E-state index contributed by atoms with van der Waals surface area (Å²) in [6, 6.07) is 2.16. The van der Waals surface area contributed by atoms with Gasteiger partial charge in [0.15, 0.2) is 0 Å². The molecule has 2 fully saturated rings. The van der Waals surface area contributed by atoms with Crippen molar-refractivity contribution in [3.63, 3.8) is 0 Å². The summed E-state index contributed by atoms with van der Waals surface area (Å²) < 4.78 is 5.43. The van der Waals surface area contributed by atoms with Crippen LogP contribution in [0.2, 0.25) is 0 Å². The molecule has 0 bridgehead atoms. The predicted octanol–water partition coefficient (Wildman–Crippen LogP) is 2.77. The Morgan fingerprint density at radius 1 is 1.38 bits per heavy atom. The van der Waals surface area contributed by atoms with E-state index >= 15 is 0 Å². The Kier molecular flexibility index (Phi) is 4.40. The zero-order valence-electron chi connectivity index (χ0n) is 15.2. The molecule has 0 aromatic carbocycles. The van der Waals surface area contributed by atoms with Crippen LogP contribution in [-0.2, 0) is 4.74 Å². The number of anilines is 1. The average molecular weight is 332 g/mol. The summed E-state index contributed by atoms with van der Waals surface area (Å²) in [6.45, 7) is 11.7. The molecule has 2 aliphatic rings. The summed E-state index contributed by atoms with van der Waals surface area (Å²) in [5, 5.41) is 3.11. The molecule has 0 radical (unpaired) electrons. The van der Waals surface area contributed by atoms with Crippen LogP contribution in [0.25, 0.3) is 0 Å². The molecule has 24 heavy (non-hydrogen) atoms. The quantitative estimate of drug-likeness (QED) is 0.922. The molecular weight excluding hydrogens is 304 g/mol. The fraction of sp³-hybridized carbons (Fsp3) is 0.722. The SMILES string of the molecule is CCC1C2CN(c3ccnc(C)n3)C[C@H]2[C@@H]1NC(=O)OC(C)(C)C. The Labute approximate surface area is 144 Å². The first-order valence-electron chi connectivity index (χ1n) is 8.82. The standard InChI is InChI=1S/C18H28N4O2/c1-6-12-13-9-22(15-7-8-19-11(2)20-15)10-14(13)16(12)21-17(23)24-18(3,4)5/h7-8,12-14,16H,6,9-10H2,1-5H3,(H,21,23)/t12?,13?,14-,16-/m1/s1. The highest BCUT2D eigenvalue weighted by molar-refractivity contribution is 5.68. The average Bonchev–Trinajstić information content (AvgIpc) is 2.84. The number of hydrogen-bond donors (Lipinski definition) is 1. The van der Waals surface area contributed by atoms with Gasteiger partial charge in [0.25, 0.3) is 0 Å². The zero-order chi connectivity index (χ0) is 17.5. The number of aryl methyl sites for hydroxylation is 1. The topological polar surface area (TPSA) is 67.4 Å². The molecule has 1 saturated heterocycles. The zero-order valence-corrected chi connectivity index (χ0v) is 15.2. The summed E-state index contributed by atoms with van der Waals surface area (Å²) in [7, 11) is 0. The van der Waals surface area contributed by atoms with Gasteiger partial charge in [-0.15, -0.1) is 0 Å². The molecule has 2 heterocycles. The van der Waals surface area contributed by atoms with Crippen molar-refractivity contribution in [2.75, 3.05) is 18.0 Å². The molecule has 1 amide bonds. The van der Waals surface area contributed by atoms with Gasteiger partial charge >= 0.3 is 6.09 Å². The molecule has 1 aromatic heterocycles. The summed E-state index contributed by atoms with van der Waals surface area (Å²) in [5.41, 5.74) is -0.463. The first kappa shape index (κ1) is 17.0. The second-order valence-corrected chi connectivity index (χ2v) is 7.94. The third kappa shape index (κ3) is 3.32. The van der Waals surface area contributed by atoms with Crippen molar-refractivity contribution in [2.24, 2.45) is 17.8 Å². The Balaban J connectivity index is 1.66. The summed E-state index contributed by atoms with van der Waals surface area (Å²) >= 11 is 0. The highest BCUT2D eigenvalue weighted by Crippen LogP contribution is 2.48. The highest BCUT2D eigenvalue weighted by Gasteiger charge is 2.54. The van der Waals surface area contributed by atoms with Gasteiger partial charge in [-0.25, -0.2) is 14.8 Å². The van der Waals surface area contributed by atoms with Gasteiger partial charge in [0.2, 0.25) is 0 Å². The van der Waals surface area contributed by atoms with Crippen molar-refractivity contribution in [1.29, 1.82) is 0 Å². The van der Waals surface area contributed by atoms with Gasteiger partial charge in [-0.2, -0.15) is 0 Å². The van der Waals surface area contributed by atoms with Gasteiger partial charge < -0.3 is 15.0 Å². The molecule has 0 spiro atoms. The van der Waals surface area contributed by atoms with Crippen LogP contribution in [0.4, 0.5) is 10.6 Å². The fourth-order valence-corrected chi connectivity index (χ4v) is 4.15. The number of aromatic nitrogens is 2. The van der Waals surface area contributed by atoms with E-state index in [2.05, 4.69) is 27.1 Å². The van der Waals surface area contributed by atoms with Crippen molar-refractivity contribution >= 4 is 11.9 Å². The number of rotatable bonds is 3. The van der Waals surface area contributed by atoms with Crippen LogP contribution >= 0.6 is 0 Å². The molecular formula is C18H28N4O2. The first-order chi connectivity index (χ1) is 11.3. The number of alkyl carbamates (subject to hydrolysis) is 1. The van der Waals surface area contributed by atoms with Gasteiger partial charge in [0.05, 0.1) is 0 Å². The van der Waals surface area contributed by atoms with Crippen molar-refractivity contribution in [3.05, 3.63) is 18.1 Å². The third-order valence-corrected chi connectivity index (χ3v) is 5.12. The maximum absolute atomic E-state index is 12.1. The van der Waals surface area contributed by atoms with Crippen LogP contribution in [0.1, 0.15) is 39.9 Å². The van der Waals surface area contributed by atoms with E-state index in [1.165, 1.54) is 0 Å². The molecule has 2 unspecified atom stereocenters. The Morgan fingerprint density at radius 2 is 2.08 bits per heavy atom. The number of nitrogens with zero attached hydrogens (tertiary/aromatic N) is 3. The van der Waals surface area contributed by atoms with E-state index in [1.807, 2.05) is 40.0 Å². The molecule has 1 aromatic rings. The maximum Gasteiger partial charge on any atom is 0.407 e. The number of ether oxygens (including phenoxy) is 1. The molecule has 4 atom stereocenters. The second-order valence-electron chi connectivity index (χ2n) is 7.94. The minimum Gasteiger partial charge on any atom is -0.444 e. The lowest BCUT2D eigenvalue weighted by molar-refractivity contribution is 0.0169. The van der Waals surface area contributed by atoms with Crippen molar-refractivity contribution in [2.45, 2.75) is 52.7 Å². The van der Waals surface area contributed by atoms with E-state index in [1.54, 1.807) is 0 Å². The Hall–Kier alpha value is -1.85. The minimum absolute atomic E-state index is 0.197. The number of hydrogen-bond acceptors (Lipinski definition) is 5. The summed E-state index contributed by atoms with van der Waals surface area (Å²) in [5.74, 6) is 3.38. The number of carbonyl (C=O) groups is 1. The molecule has 1 aliphatic heterocycles. The lowest BCUT2D eigenvalue weighted by Crippen LogP contribution is -2.59. The normalized spacial score (nSPS) is 29.0. The van der Waals surface area contributed by atoms with Gasteiger partial charge in [-0.3, -0.25) is 0 Å². The molecule has 6 heteroatoms. The lowest BCUT2D eigenvalue weighted by atomic mass is 9.61. The van der Waals surface area contributed by atoms with Crippen LogP contribution in [-0.4, -0.2) is 40.8 Å². The second kappa shape index (κ2) is 6.22. The van der Waals surface area contributed by atoms with E-state index in [4.69, 9.17) is 4.74 Å². The Bertz CT molecular complexity index is 613. The first-order valence-corrected chi connectivity index (χ1v) is 8.82. The van der Waals surface area contributed by atoms with Crippen molar-refractivity contribution in [1.82, 2.24) is 15.3 Å². The fourth-order valence-electron chi connectivity index (χ4n) is 4.15. The lowest BCUT2D eigenvalue weighted by Gasteiger charge is -2.48. The van der Waals surface area contributed by atoms with Crippen LogP contribution in [0.15, 0.2) is 12.3 Å². The summed E-state index contributed by atoms with van der Waals surface area (Å²) in [4.78, 5) is 23.2.